The van der Waals surface area contributed by atoms with Crippen molar-refractivity contribution in [3.05, 3.63) is 35.9 Å². The quantitative estimate of drug-likeness (QED) is 0.845. The molecule has 6 heteroatoms. The molecule has 0 bridgehead atoms. The highest BCUT2D eigenvalue weighted by Crippen LogP contribution is 2.22. The van der Waals surface area contributed by atoms with Gasteiger partial charge in [-0.1, -0.05) is 43.2 Å². The van der Waals surface area contributed by atoms with Crippen LogP contribution in [0.2, 0.25) is 0 Å². The van der Waals surface area contributed by atoms with Crippen molar-refractivity contribution < 1.29 is 18.0 Å². The number of carbonyl (C=O) groups excluding carboxylic acids is 1. The van der Waals surface area contributed by atoms with E-state index in [-0.39, 0.29) is 6.54 Å². The number of nitrogens with zero attached hydrogens (tertiary/aromatic N) is 2. The lowest BCUT2D eigenvalue weighted by molar-refractivity contribution is -0.165. The van der Waals surface area contributed by atoms with E-state index in [0.717, 1.165) is 30.7 Å². The minimum absolute atomic E-state index is 0.0104. The molecule has 23 heavy (non-hydrogen) atoms. The number of hydrogen-bond donors (Lipinski definition) is 0. The summed E-state index contributed by atoms with van der Waals surface area (Å²) in [7, 11) is 1.82. The maximum absolute atomic E-state index is 12.9. The van der Waals surface area contributed by atoms with Crippen molar-refractivity contribution in [2.75, 3.05) is 20.1 Å². The number of benzene rings is 1. The number of rotatable bonds is 4. The molecule has 1 atom stereocenters. The summed E-state index contributed by atoms with van der Waals surface area (Å²) >= 11 is 0. The first-order chi connectivity index (χ1) is 10.9. The van der Waals surface area contributed by atoms with Gasteiger partial charge in [0.1, 0.15) is 6.54 Å². The fourth-order valence-corrected chi connectivity index (χ4v) is 3.01. The van der Waals surface area contributed by atoms with Crippen LogP contribution >= 0.6 is 0 Å². The van der Waals surface area contributed by atoms with E-state index < -0.39 is 24.7 Å². The summed E-state index contributed by atoms with van der Waals surface area (Å²) in [4.78, 5) is 15.6. The van der Waals surface area contributed by atoms with Gasteiger partial charge < -0.3 is 4.90 Å². The van der Waals surface area contributed by atoms with Crippen molar-refractivity contribution in [2.24, 2.45) is 0 Å². The summed E-state index contributed by atoms with van der Waals surface area (Å²) in [5.41, 5.74) is 0.710. The Morgan fingerprint density at radius 1 is 1.22 bits per heavy atom. The average molecular weight is 328 g/mol. The van der Waals surface area contributed by atoms with E-state index in [1.54, 1.807) is 30.3 Å². The van der Waals surface area contributed by atoms with Crippen LogP contribution in [0.15, 0.2) is 30.3 Å². The molecule has 0 spiro atoms. The minimum atomic E-state index is -4.40. The number of halogens is 3. The molecule has 0 saturated carbocycles. The van der Waals surface area contributed by atoms with E-state index in [1.165, 1.54) is 0 Å². The van der Waals surface area contributed by atoms with Gasteiger partial charge in [-0.05, 0) is 32.0 Å². The average Bonchev–Trinajstić information content (AvgIpc) is 2.70. The summed E-state index contributed by atoms with van der Waals surface area (Å²) in [5.74, 6) is -0.421. The summed E-state index contributed by atoms with van der Waals surface area (Å²) in [6, 6.07) is 8.37. The third-order valence-electron chi connectivity index (χ3n) is 4.20. The SMILES string of the molecule is CN1CCCCCC1C(=O)N(Cc1ccccc1)CC(F)(F)F. The van der Waals surface area contributed by atoms with Gasteiger partial charge in [0.05, 0.1) is 6.04 Å². The maximum Gasteiger partial charge on any atom is 0.406 e. The van der Waals surface area contributed by atoms with E-state index in [4.69, 9.17) is 0 Å². The third-order valence-corrected chi connectivity index (χ3v) is 4.20. The van der Waals surface area contributed by atoms with E-state index in [9.17, 15) is 18.0 Å². The predicted octanol–water partition coefficient (Wildman–Crippen LogP) is 3.45. The van der Waals surface area contributed by atoms with Gasteiger partial charge in [-0.25, -0.2) is 0 Å². The zero-order valence-corrected chi connectivity index (χ0v) is 13.4. The maximum atomic E-state index is 12.9. The molecule has 3 nitrogen and oxygen atoms in total. The van der Waals surface area contributed by atoms with E-state index >= 15 is 0 Å². The molecule has 128 valence electrons. The topological polar surface area (TPSA) is 23.6 Å². The second-order valence-corrected chi connectivity index (χ2v) is 6.14. The fourth-order valence-electron chi connectivity index (χ4n) is 3.01. The highest BCUT2D eigenvalue weighted by molar-refractivity contribution is 5.82. The second kappa shape index (κ2) is 7.81. The standard InChI is InChI=1S/C17H23F3N2O/c1-21-11-7-3-6-10-15(21)16(23)22(13-17(18,19)20)12-14-8-4-2-5-9-14/h2,4-5,8-9,15H,3,6-7,10-13H2,1H3. The molecule has 0 aromatic heterocycles. The fraction of sp³-hybridized carbons (Fsp3) is 0.588. The molecule has 1 amide bonds. The van der Waals surface area contributed by atoms with Crippen LogP contribution in [0.3, 0.4) is 0 Å². The monoisotopic (exact) mass is 328 g/mol. The van der Waals surface area contributed by atoms with Crippen molar-refractivity contribution in [3.8, 4) is 0 Å². The molecular weight excluding hydrogens is 305 g/mol. The number of hydrogen-bond acceptors (Lipinski definition) is 2. The van der Waals surface area contributed by atoms with Crippen molar-refractivity contribution in [3.63, 3.8) is 0 Å². The normalized spacial score (nSPS) is 20.1. The van der Waals surface area contributed by atoms with Gasteiger partial charge in [0.25, 0.3) is 0 Å². The van der Waals surface area contributed by atoms with Gasteiger partial charge in [-0.2, -0.15) is 13.2 Å². The number of likely N-dealkylation sites (tertiary alicyclic amines) is 1. The molecule has 0 aliphatic carbocycles. The molecule has 0 radical (unpaired) electrons. The van der Waals surface area contributed by atoms with Crippen molar-refractivity contribution in [1.29, 1.82) is 0 Å². The largest absolute Gasteiger partial charge is 0.406 e. The second-order valence-electron chi connectivity index (χ2n) is 6.14. The predicted molar refractivity (Wildman–Crippen MR) is 82.8 cm³/mol. The highest BCUT2D eigenvalue weighted by Gasteiger charge is 2.36. The first-order valence-electron chi connectivity index (χ1n) is 7.96. The summed E-state index contributed by atoms with van der Waals surface area (Å²) in [6.45, 7) is -0.462. The van der Waals surface area contributed by atoms with E-state index in [1.807, 2.05) is 11.9 Å². The lowest BCUT2D eigenvalue weighted by Gasteiger charge is -2.32. The Morgan fingerprint density at radius 3 is 2.57 bits per heavy atom. The van der Waals surface area contributed by atoms with E-state index in [2.05, 4.69) is 0 Å². The summed E-state index contributed by atoms with van der Waals surface area (Å²) in [5, 5.41) is 0. The first-order valence-corrected chi connectivity index (χ1v) is 7.96. The highest BCUT2D eigenvalue weighted by atomic mass is 19.4. The number of alkyl halides is 3. The summed E-state index contributed by atoms with van der Waals surface area (Å²) in [6.07, 6.45) is -0.886. The molecule has 1 heterocycles. The van der Waals surface area contributed by atoms with Gasteiger partial charge in [0, 0.05) is 6.54 Å². The molecule has 2 rings (SSSR count). The van der Waals surface area contributed by atoms with Gasteiger partial charge in [0.15, 0.2) is 0 Å². The number of likely N-dealkylation sites (N-methyl/N-ethyl adjacent to an activating group) is 1. The molecule has 1 aliphatic heterocycles. The molecule has 1 saturated heterocycles. The van der Waals surface area contributed by atoms with Crippen LogP contribution in [0.4, 0.5) is 13.2 Å². The van der Waals surface area contributed by atoms with Crippen LogP contribution in [0, 0.1) is 0 Å². The van der Waals surface area contributed by atoms with Crippen molar-refractivity contribution >= 4 is 5.91 Å². The third kappa shape index (κ3) is 5.53. The van der Waals surface area contributed by atoms with E-state index in [0.29, 0.717) is 12.0 Å². The lowest BCUT2D eigenvalue weighted by Crippen LogP contribution is -2.49. The van der Waals surface area contributed by atoms with Gasteiger partial charge in [-0.15, -0.1) is 0 Å². The van der Waals surface area contributed by atoms with Gasteiger partial charge >= 0.3 is 6.18 Å². The number of amides is 1. The van der Waals surface area contributed by atoms with Gasteiger partial charge in [0.2, 0.25) is 5.91 Å². The van der Waals surface area contributed by atoms with Crippen LogP contribution in [0.1, 0.15) is 31.2 Å². The molecule has 1 aliphatic rings. The molecule has 0 N–H and O–H groups in total. The van der Waals surface area contributed by atoms with Crippen LogP contribution in [0.25, 0.3) is 0 Å². The Kier molecular flexibility index (Phi) is 6.04. The minimum Gasteiger partial charge on any atom is -0.328 e. The Balaban J connectivity index is 2.16. The molecular formula is C17H23F3N2O. The Bertz CT molecular complexity index is 504. The van der Waals surface area contributed by atoms with Crippen LogP contribution in [0.5, 0.6) is 0 Å². The lowest BCUT2D eigenvalue weighted by atomic mass is 10.1. The first kappa shape index (κ1) is 17.8. The summed E-state index contributed by atoms with van der Waals surface area (Å²) < 4.78 is 38.7. The smallest absolute Gasteiger partial charge is 0.328 e. The molecule has 1 unspecified atom stereocenters. The molecule has 1 aromatic rings. The van der Waals surface area contributed by atoms with Crippen LogP contribution in [-0.4, -0.2) is 48.1 Å². The van der Waals surface area contributed by atoms with Crippen LogP contribution in [-0.2, 0) is 11.3 Å². The van der Waals surface area contributed by atoms with Crippen LogP contribution < -0.4 is 0 Å². The number of carbonyl (C=O) groups is 1. The van der Waals surface area contributed by atoms with Crippen molar-refractivity contribution in [1.82, 2.24) is 9.80 Å². The zero-order chi connectivity index (χ0) is 16.9. The Morgan fingerprint density at radius 2 is 1.91 bits per heavy atom. The zero-order valence-electron chi connectivity index (χ0n) is 13.4. The Hall–Kier alpha value is -1.56. The van der Waals surface area contributed by atoms with Gasteiger partial charge in [-0.3, -0.25) is 9.69 Å². The van der Waals surface area contributed by atoms with Crippen molar-refractivity contribution in [2.45, 2.75) is 44.4 Å². The molecule has 1 aromatic carbocycles. The molecule has 1 fully saturated rings. The Labute approximate surface area is 135 Å².